The van der Waals surface area contributed by atoms with E-state index in [0.717, 1.165) is 0 Å². The van der Waals surface area contributed by atoms with E-state index in [0.29, 0.717) is 16.6 Å². The zero-order valence-electron chi connectivity index (χ0n) is 9.14. The van der Waals surface area contributed by atoms with Gasteiger partial charge in [0.2, 0.25) is 0 Å². The van der Waals surface area contributed by atoms with Gasteiger partial charge in [0.15, 0.2) is 0 Å². The van der Waals surface area contributed by atoms with Gasteiger partial charge in [0, 0.05) is 16.6 Å². The predicted octanol–water partition coefficient (Wildman–Crippen LogP) is 2.04. The lowest BCUT2D eigenvalue weighted by Crippen LogP contribution is -2.33. The molecule has 7 heteroatoms. The second kappa shape index (κ2) is 4.25. The molecule has 0 bridgehead atoms. The number of amides is 1. The summed E-state index contributed by atoms with van der Waals surface area (Å²) in [4.78, 5) is 14.2. The van der Waals surface area contributed by atoms with Crippen LogP contribution in [-0.4, -0.2) is 23.6 Å². The first-order chi connectivity index (χ1) is 8.35. The largest absolute Gasteiger partial charge is 0.405 e. The molecule has 0 radical (unpaired) electrons. The number of anilines is 1. The molecule has 1 aromatic carbocycles. The van der Waals surface area contributed by atoms with Gasteiger partial charge in [-0.1, -0.05) is 0 Å². The highest BCUT2D eigenvalue weighted by Crippen LogP contribution is 2.18. The number of hydrogen-bond donors (Lipinski definition) is 3. The fourth-order valence-corrected chi connectivity index (χ4v) is 1.55. The summed E-state index contributed by atoms with van der Waals surface area (Å²) in [6.07, 6.45) is -4.42. The summed E-state index contributed by atoms with van der Waals surface area (Å²) in [5.41, 5.74) is 6.79. The lowest BCUT2D eigenvalue weighted by Gasteiger charge is -2.06. The van der Waals surface area contributed by atoms with Crippen molar-refractivity contribution in [2.24, 2.45) is 0 Å². The molecule has 0 aliphatic rings. The Bertz CT molecular complexity index is 589. The van der Waals surface area contributed by atoms with Crippen molar-refractivity contribution in [2.45, 2.75) is 6.18 Å². The van der Waals surface area contributed by atoms with Crippen LogP contribution in [0, 0.1) is 0 Å². The van der Waals surface area contributed by atoms with Crippen LogP contribution in [0.2, 0.25) is 0 Å². The number of aromatic nitrogens is 1. The Kier molecular flexibility index (Phi) is 2.90. The zero-order valence-corrected chi connectivity index (χ0v) is 9.14. The van der Waals surface area contributed by atoms with Crippen LogP contribution in [0.3, 0.4) is 0 Å². The molecule has 0 aliphatic heterocycles. The molecule has 18 heavy (non-hydrogen) atoms. The average Bonchev–Trinajstić information content (AvgIpc) is 2.67. The van der Waals surface area contributed by atoms with E-state index in [1.807, 2.05) is 0 Å². The van der Waals surface area contributed by atoms with Gasteiger partial charge in [0.1, 0.15) is 12.2 Å². The van der Waals surface area contributed by atoms with Gasteiger partial charge >= 0.3 is 6.18 Å². The quantitative estimate of drug-likeness (QED) is 0.720. The van der Waals surface area contributed by atoms with Crippen LogP contribution in [0.15, 0.2) is 24.3 Å². The smallest absolute Gasteiger partial charge is 0.399 e. The van der Waals surface area contributed by atoms with Crippen molar-refractivity contribution in [3.63, 3.8) is 0 Å². The number of fused-ring (bicyclic) bond motifs is 1. The van der Waals surface area contributed by atoms with Gasteiger partial charge in [-0.2, -0.15) is 13.2 Å². The maximum Gasteiger partial charge on any atom is 0.405 e. The molecule has 2 aromatic rings. The third-order valence-electron chi connectivity index (χ3n) is 2.34. The first-order valence-electron chi connectivity index (χ1n) is 5.08. The Morgan fingerprint density at radius 3 is 2.72 bits per heavy atom. The predicted molar refractivity (Wildman–Crippen MR) is 61.1 cm³/mol. The van der Waals surface area contributed by atoms with Crippen molar-refractivity contribution in [1.29, 1.82) is 0 Å². The molecule has 0 saturated heterocycles. The number of rotatable bonds is 2. The summed E-state index contributed by atoms with van der Waals surface area (Å²) in [6.45, 7) is -1.36. The fraction of sp³-hybridized carbons (Fsp3) is 0.182. The van der Waals surface area contributed by atoms with Gasteiger partial charge in [-0.25, -0.2) is 0 Å². The van der Waals surface area contributed by atoms with Gasteiger partial charge < -0.3 is 16.0 Å². The molecule has 1 aromatic heterocycles. The van der Waals surface area contributed by atoms with Crippen LogP contribution in [0.25, 0.3) is 10.9 Å². The van der Waals surface area contributed by atoms with Crippen molar-refractivity contribution >= 4 is 22.5 Å². The molecule has 2 rings (SSSR count). The number of hydrogen-bond acceptors (Lipinski definition) is 2. The topological polar surface area (TPSA) is 70.9 Å². The maximum absolute atomic E-state index is 11.9. The van der Waals surface area contributed by atoms with Gasteiger partial charge in [0.25, 0.3) is 5.91 Å². The van der Waals surface area contributed by atoms with Crippen molar-refractivity contribution in [3.05, 3.63) is 30.0 Å². The van der Waals surface area contributed by atoms with E-state index in [-0.39, 0.29) is 5.69 Å². The third kappa shape index (κ3) is 2.73. The Morgan fingerprint density at radius 1 is 1.33 bits per heavy atom. The van der Waals surface area contributed by atoms with Crippen LogP contribution >= 0.6 is 0 Å². The summed E-state index contributed by atoms with van der Waals surface area (Å²) >= 11 is 0. The summed E-state index contributed by atoms with van der Waals surface area (Å²) in [7, 11) is 0. The molecule has 4 nitrogen and oxygen atoms in total. The normalized spacial score (nSPS) is 11.7. The first-order valence-corrected chi connectivity index (χ1v) is 5.08. The molecule has 0 aliphatic carbocycles. The van der Waals surface area contributed by atoms with E-state index in [4.69, 9.17) is 5.73 Å². The van der Waals surface area contributed by atoms with Crippen LogP contribution in [0.4, 0.5) is 18.9 Å². The Morgan fingerprint density at radius 2 is 2.06 bits per heavy atom. The van der Waals surface area contributed by atoms with Gasteiger partial charge in [0.05, 0.1) is 0 Å². The number of halogens is 3. The molecular weight excluding hydrogens is 247 g/mol. The number of carbonyl (C=O) groups excluding carboxylic acids is 1. The molecule has 4 N–H and O–H groups in total. The lowest BCUT2D eigenvalue weighted by atomic mass is 10.2. The van der Waals surface area contributed by atoms with E-state index in [2.05, 4.69) is 4.98 Å². The Labute approximate surface area is 100.0 Å². The summed E-state index contributed by atoms with van der Waals surface area (Å²) < 4.78 is 35.8. The summed E-state index contributed by atoms with van der Waals surface area (Å²) in [5, 5.41) is 2.46. The SMILES string of the molecule is Nc1ccc2[nH]c(C(=O)NCC(F)(F)F)cc2c1. The van der Waals surface area contributed by atoms with Gasteiger partial charge in [-0.15, -0.1) is 0 Å². The summed E-state index contributed by atoms with van der Waals surface area (Å²) in [5.74, 6) is -0.804. The molecule has 96 valence electrons. The van der Waals surface area contributed by atoms with E-state index in [9.17, 15) is 18.0 Å². The molecule has 0 fully saturated rings. The van der Waals surface area contributed by atoms with Crippen molar-refractivity contribution < 1.29 is 18.0 Å². The number of aromatic amines is 1. The lowest BCUT2D eigenvalue weighted by molar-refractivity contribution is -0.123. The standard InChI is InChI=1S/C11H10F3N3O/c12-11(13,14)5-16-10(18)9-4-6-3-7(15)1-2-8(6)17-9/h1-4,17H,5,15H2,(H,16,18). The molecule has 0 spiro atoms. The van der Waals surface area contributed by atoms with Crippen LogP contribution < -0.4 is 11.1 Å². The number of H-pyrrole nitrogens is 1. The van der Waals surface area contributed by atoms with Crippen molar-refractivity contribution in [2.75, 3.05) is 12.3 Å². The minimum absolute atomic E-state index is 0.0693. The van der Waals surface area contributed by atoms with Crippen molar-refractivity contribution in [1.82, 2.24) is 10.3 Å². The van der Waals surface area contributed by atoms with E-state index < -0.39 is 18.6 Å². The van der Waals surface area contributed by atoms with Crippen LogP contribution in [-0.2, 0) is 0 Å². The second-order valence-electron chi connectivity index (χ2n) is 3.83. The monoisotopic (exact) mass is 257 g/mol. The van der Waals surface area contributed by atoms with Gasteiger partial charge in [-0.05, 0) is 24.3 Å². The molecule has 0 unspecified atom stereocenters. The molecular formula is C11H10F3N3O. The molecule has 0 atom stereocenters. The van der Waals surface area contributed by atoms with Gasteiger partial charge in [-0.3, -0.25) is 4.79 Å². The minimum atomic E-state index is -4.42. The number of nitrogen functional groups attached to an aromatic ring is 1. The number of benzene rings is 1. The van der Waals surface area contributed by atoms with Crippen molar-refractivity contribution in [3.8, 4) is 0 Å². The Hall–Kier alpha value is -2.18. The summed E-state index contributed by atoms with van der Waals surface area (Å²) in [6, 6.07) is 6.38. The Balaban J connectivity index is 2.18. The second-order valence-corrected chi connectivity index (χ2v) is 3.83. The van der Waals surface area contributed by atoms with E-state index in [1.54, 1.807) is 23.5 Å². The van der Waals surface area contributed by atoms with Crippen LogP contribution in [0.1, 0.15) is 10.5 Å². The molecule has 0 saturated carbocycles. The average molecular weight is 257 g/mol. The fourth-order valence-electron chi connectivity index (χ4n) is 1.55. The molecule has 1 amide bonds. The first kappa shape index (κ1) is 12.3. The zero-order chi connectivity index (χ0) is 13.3. The highest BCUT2D eigenvalue weighted by Gasteiger charge is 2.28. The number of nitrogens with two attached hydrogens (primary N) is 1. The maximum atomic E-state index is 11.9. The van der Waals surface area contributed by atoms with E-state index >= 15 is 0 Å². The van der Waals surface area contributed by atoms with E-state index in [1.165, 1.54) is 6.07 Å². The molecule has 1 heterocycles. The third-order valence-corrected chi connectivity index (χ3v) is 2.34. The minimum Gasteiger partial charge on any atom is -0.399 e. The number of carbonyl (C=O) groups is 1. The van der Waals surface area contributed by atoms with Crippen LogP contribution in [0.5, 0.6) is 0 Å². The number of nitrogens with one attached hydrogen (secondary N) is 2. The highest BCUT2D eigenvalue weighted by atomic mass is 19.4. The highest BCUT2D eigenvalue weighted by molar-refractivity contribution is 5.98. The number of alkyl halides is 3.